The SMILES string of the molecule is [B]c1ccc(C(=O)OC)cc1NC(C)=O. The van der Waals surface area contributed by atoms with E-state index in [-0.39, 0.29) is 5.91 Å². The van der Waals surface area contributed by atoms with Crippen molar-refractivity contribution in [3.8, 4) is 0 Å². The van der Waals surface area contributed by atoms with Crippen LogP contribution < -0.4 is 10.8 Å². The van der Waals surface area contributed by atoms with Gasteiger partial charge in [0.1, 0.15) is 7.85 Å². The Kier molecular flexibility index (Phi) is 3.49. The van der Waals surface area contributed by atoms with Crippen molar-refractivity contribution in [3.63, 3.8) is 0 Å². The molecule has 0 unspecified atom stereocenters. The van der Waals surface area contributed by atoms with Crippen LogP contribution in [0.4, 0.5) is 5.69 Å². The van der Waals surface area contributed by atoms with Crippen LogP contribution in [0, 0.1) is 0 Å². The third kappa shape index (κ3) is 2.84. The molecule has 4 nitrogen and oxygen atoms in total. The largest absolute Gasteiger partial charge is 0.465 e. The number of hydrogen-bond donors (Lipinski definition) is 1. The fraction of sp³-hybridized carbons (Fsp3) is 0.200. The highest BCUT2D eigenvalue weighted by Crippen LogP contribution is 2.08. The predicted molar refractivity (Wildman–Crippen MR) is 57.5 cm³/mol. The van der Waals surface area contributed by atoms with Gasteiger partial charge >= 0.3 is 5.97 Å². The number of anilines is 1. The quantitative estimate of drug-likeness (QED) is 0.552. The molecule has 0 saturated carbocycles. The first-order valence-corrected chi connectivity index (χ1v) is 4.30. The number of esters is 1. The summed E-state index contributed by atoms with van der Waals surface area (Å²) < 4.78 is 4.54. The smallest absolute Gasteiger partial charge is 0.337 e. The van der Waals surface area contributed by atoms with E-state index in [1.807, 2.05) is 0 Å². The molecule has 0 fully saturated rings. The Balaban J connectivity index is 3.05. The fourth-order valence-electron chi connectivity index (χ4n) is 1.10. The molecule has 0 bridgehead atoms. The van der Waals surface area contributed by atoms with E-state index in [1.165, 1.54) is 32.2 Å². The van der Waals surface area contributed by atoms with Gasteiger partial charge in [-0.15, -0.1) is 0 Å². The summed E-state index contributed by atoms with van der Waals surface area (Å²) in [7, 11) is 6.90. The maximum atomic E-state index is 11.2. The average molecular weight is 203 g/mol. The minimum Gasteiger partial charge on any atom is -0.465 e. The van der Waals surface area contributed by atoms with Gasteiger partial charge in [0.05, 0.1) is 12.7 Å². The molecule has 1 aromatic carbocycles. The van der Waals surface area contributed by atoms with Crippen LogP contribution in [0.25, 0.3) is 0 Å². The average Bonchev–Trinajstić information content (AvgIpc) is 2.19. The maximum Gasteiger partial charge on any atom is 0.337 e. The van der Waals surface area contributed by atoms with Gasteiger partial charge in [0, 0.05) is 12.6 Å². The Labute approximate surface area is 89.0 Å². The van der Waals surface area contributed by atoms with E-state index >= 15 is 0 Å². The van der Waals surface area contributed by atoms with Crippen LogP contribution in [0.1, 0.15) is 17.3 Å². The highest BCUT2D eigenvalue weighted by Gasteiger charge is 2.08. The molecule has 1 rings (SSSR count). The van der Waals surface area contributed by atoms with Gasteiger partial charge in [0.15, 0.2) is 0 Å². The minimum atomic E-state index is -0.471. The molecule has 0 saturated heterocycles. The molecular formula is C10H10BNO3. The van der Waals surface area contributed by atoms with E-state index in [4.69, 9.17) is 7.85 Å². The number of ether oxygens (including phenoxy) is 1. The molecule has 0 spiro atoms. The van der Waals surface area contributed by atoms with E-state index < -0.39 is 5.97 Å². The van der Waals surface area contributed by atoms with Crippen molar-refractivity contribution in [1.82, 2.24) is 0 Å². The van der Waals surface area contributed by atoms with Gasteiger partial charge in [-0.3, -0.25) is 4.79 Å². The van der Waals surface area contributed by atoms with Gasteiger partial charge in [-0.25, -0.2) is 4.79 Å². The molecule has 5 heteroatoms. The van der Waals surface area contributed by atoms with Gasteiger partial charge < -0.3 is 10.1 Å². The van der Waals surface area contributed by atoms with E-state index in [0.717, 1.165) is 0 Å². The van der Waals surface area contributed by atoms with Crippen molar-refractivity contribution in [1.29, 1.82) is 0 Å². The van der Waals surface area contributed by atoms with Gasteiger partial charge in [0.2, 0.25) is 5.91 Å². The first kappa shape index (κ1) is 11.3. The third-order valence-electron chi connectivity index (χ3n) is 1.79. The monoisotopic (exact) mass is 203 g/mol. The Morgan fingerprint density at radius 2 is 2.07 bits per heavy atom. The summed E-state index contributed by atoms with van der Waals surface area (Å²) in [6, 6.07) is 4.55. The summed E-state index contributed by atoms with van der Waals surface area (Å²) in [6.45, 7) is 1.37. The summed E-state index contributed by atoms with van der Waals surface area (Å²) in [4.78, 5) is 22.0. The molecule has 76 valence electrons. The number of nitrogens with one attached hydrogen (secondary N) is 1. The Bertz CT molecular complexity index is 404. The van der Waals surface area contributed by atoms with E-state index in [9.17, 15) is 9.59 Å². The minimum absolute atomic E-state index is 0.247. The van der Waals surface area contributed by atoms with Crippen LogP contribution in [0.15, 0.2) is 18.2 Å². The van der Waals surface area contributed by atoms with Gasteiger partial charge in [-0.2, -0.15) is 0 Å². The van der Waals surface area contributed by atoms with Crippen LogP contribution in [0.3, 0.4) is 0 Å². The van der Waals surface area contributed by atoms with Crippen molar-refractivity contribution in [2.45, 2.75) is 6.92 Å². The lowest BCUT2D eigenvalue weighted by Crippen LogP contribution is -2.17. The molecule has 0 heterocycles. The Hall–Kier alpha value is -1.78. The highest BCUT2D eigenvalue weighted by molar-refractivity contribution is 6.36. The van der Waals surface area contributed by atoms with E-state index in [1.54, 1.807) is 0 Å². The second kappa shape index (κ2) is 4.64. The van der Waals surface area contributed by atoms with Gasteiger partial charge in [-0.05, 0) is 12.1 Å². The molecule has 0 aromatic heterocycles. The molecule has 0 aliphatic heterocycles. The van der Waals surface area contributed by atoms with Crippen molar-refractivity contribution in [2.24, 2.45) is 0 Å². The Morgan fingerprint density at radius 1 is 1.40 bits per heavy atom. The lowest BCUT2D eigenvalue weighted by atomic mass is 9.92. The van der Waals surface area contributed by atoms with Crippen LogP contribution in [-0.2, 0) is 9.53 Å². The number of methoxy groups -OCH3 is 1. The summed E-state index contributed by atoms with van der Waals surface area (Å²) in [5.41, 5.74) is 1.15. The van der Waals surface area contributed by atoms with Crippen molar-refractivity contribution in [2.75, 3.05) is 12.4 Å². The van der Waals surface area contributed by atoms with Crippen LogP contribution in [-0.4, -0.2) is 26.8 Å². The van der Waals surface area contributed by atoms with Crippen molar-refractivity contribution < 1.29 is 14.3 Å². The molecule has 15 heavy (non-hydrogen) atoms. The maximum absolute atomic E-state index is 11.2. The Morgan fingerprint density at radius 3 is 2.60 bits per heavy atom. The highest BCUT2D eigenvalue weighted by atomic mass is 16.5. The predicted octanol–water partition coefficient (Wildman–Crippen LogP) is 0.225. The zero-order chi connectivity index (χ0) is 11.4. The topological polar surface area (TPSA) is 55.4 Å². The van der Waals surface area contributed by atoms with Crippen molar-refractivity contribution in [3.05, 3.63) is 23.8 Å². The van der Waals surface area contributed by atoms with Crippen LogP contribution in [0.2, 0.25) is 0 Å². The standard InChI is InChI=1S/C10H10BNO3/c1-6(13)12-9-5-7(10(14)15-2)3-4-8(9)11/h3-5H,1-2H3,(H,12,13). The van der Waals surface area contributed by atoms with E-state index in [2.05, 4.69) is 10.1 Å². The molecule has 1 N–H and O–H groups in total. The first-order valence-electron chi connectivity index (χ1n) is 4.30. The molecule has 0 aliphatic rings. The lowest BCUT2D eigenvalue weighted by Gasteiger charge is -2.08. The fourth-order valence-corrected chi connectivity index (χ4v) is 1.10. The zero-order valence-corrected chi connectivity index (χ0v) is 8.53. The molecule has 2 radical (unpaired) electrons. The second-order valence-corrected chi connectivity index (χ2v) is 2.97. The molecule has 1 amide bonds. The summed E-state index contributed by atoms with van der Waals surface area (Å²) in [6.07, 6.45) is 0. The first-order chi connectivity index (χ1) is 7.04. The van der Waals surface area contributed by atoms with Crippen LogP contribution >= 0.6 is 0 Å². The van der Waals surface area contributed by atoms with Gasteiger partial charge in [-0.1, -0.05) is 11.5 Å². The number of carbonyl (C=O) groups excluding carboxylic acids is 2. The number of rotatable bonds is 2. The summed E-state index contributed by atoms with van der Waals surface area (Å²) >= 11 is 0. The van der Waals surface area contributed by atoms with Gasteiger partial charge in [0.25, 0.3) is 0 Å². The number of hydrogen-bond acceptors (Lipinski definition) is 3. The number of carbonyl (C=O) groups is 2. The number of benzene rings is 1. The molecule has 0 aliphatic carbocycles. The third-order valence-corrected chi connectivity index (χ3v) is 1.79. The number of amides is 1. The van der Waals surface area contributed by atoms with Crippen molar-refractivity contribution >= 4 is 30.9 Å². The zero-order valence-electron chi connectivity index (χ0n) is 8.53. The molecular weight excluding hydrogens is 193 g/mol. The summed E-state index contributed by atoms with van der Waals surface area (Å²) in [5, 5.41) is 2.52. The summed E-state index contributed by atoms with van der Waals surface area (Å²) in [5.74, 6) is -0.717. The second-order valence-electron chi connectivity index (χ2n) is 2.97. The molecule has 1 aromatic rings. The lowest BCUT2D eigenvalue weighted by molar-refractivity contribution is -0.114. The van der Waals surface area contributed by atoms with E-state index in [0.29, 0.717) is 16.7 Å². The normalized spacial score (nSPS) is 9.47. The molecule has 0 atom stereocenters. The van der Waals surface area contributed by atoms with Crippen LogP contribution in [0.5, 0.6) is 0 Å².